The van der Waals surface area contributed by atoms with Crippen molar-refractivity contribution in [1.29, 1.82) is 0 Å². The van der Waals surface area contributed by atoms with Gasteiger partial charge in [-0.25, -0.2) is 4.79 Å². The van der Waals surface area contributed by atoms with Crippen molar-refractivity contribution < 1.29 is 24.2 Å². The van der Waals surface area contributed by atoms with Crippen molar-refractivity contribution in [2.45, 2.75) is 45.2 Å². The van der Waals surface area contributed by atoms with Crippen molar-refractivity contribution in [2.75, 3.05) is 12.4 Å². The number of carbonyl (C=O) groups excluding carboxylic acids is 2. The number of benzene rings is 2. The maximum absolute atomic E-state index is 14.2. The summed E-state index contributed by atoms with van der Waals surface area (Å²) in [6.45, 7) is 6.23. The standard InChI is InChI=1S/C31H33Cl2N3O5/c1-30(2,3)17-24-31(13-6-9-20(32)12-14-34-29(31)40)25(18-7-5-8-21(33)15-18)26(36-24)27(37)35-22-11-10-19(28(38)39)16-23(22)41-4/h5-16,24-26,36H,17H2,1-4H3,(H,34,40)(H,35,37)(H,38,39). The number of rotatable bonds is 6. The quantitative estimate of drug-likeness (QED) is 0.331. The lowest BCUT2D eigenvalue weighted by atomic mass is 9.64. The number of hydrogen-bond donors (Lipinski definition) is 4. The average molecular weight is 599 g/mol. The van der Waals surface area contributed by atoms with Gasteiger partial charge < -0.3 is 25.8 Å². The first-order valence-electron chi connectivity index (χ1n) is 13.1. The number of nitrogens with one attached hydrogen (secondary N) is 3. The second kappa shape index (κ2) is 12.1. The maximum Gasteiger partial charge on any atom is 0.335 e. The molecule has 1 saturated heterocycles. The van der Waals surface area contributed by atoms with Crippen LogP contribution in [0.2, 0.25) is 5.02 Å². The van der Waals surface area contributed by atoms with Crippen molar-refractivity contribution >= 4 is 46.7 Å². The number of carbonyl (C=O) groups is 3. The Hall–Kier alpha value is -3.59. The molecule has 0 aliphatic carbocycles. The average Bonchev–Trinajstić information content (AvgIpc) is 3.24. The van der Waals surface area contributed by atoms with Gasteiger partial charge in [0, 0.05) is 28.2 Å². The van der Waals surface area contributed by atoms with Crippen molar-refractivity contribution in [1.82, 2.24) is 10.6 Å². The smallest absolute Gasteiger partial charge is 0.335 e. The highest BCUT2D eigenvalue weighted by atomic mass is 35.5. The fourth-order valence-electron chi connectivity index (χ4n) is 5.59. The Morgan fingerprint density at radius 1 is 1.15 bits per heavy atom. The molecule has 4 rings (SSSR count). The molecule has 1 spiro atoms. The van der Waals surface area contributed by atoms with Crippen molar-refractivity contribution in [3.05, 3.63) is 94.2 Å². The lowest BCUT2D eigenvalue weighted by Crippen LogP contribution is -2.49. The minimum Gasteiger partial charge on any atom is -0.495 e. The summed E-state index contributed by atoms with van der Waals surface area (Å²) in [4.78, 5) is 39.8. The highest BCUT2D eigenvalue weighted by Gasteiger charge is 2.60. The van der Waals surface area contributed by atoms with E-state index >= 15 is 0 Å². The van der Waals surface area contributed by atoms with E-state index in [1.165, 1.54) is 31.5 Å². The zero-order valence-corrected chi connectivity index (χ0v) is 24.7. The molecule has 4 N–H and O–H groups in total. The van der Waals surface area contributed by atoms with Crippen LogP contribution in [0.1, 0.15) is 49.0 Å². The van der Waals surface area contributed by atoms with Crippen LogP contribution in [-0.4, -0.2) is 42.1 Å². The first-order chi connectivity index (χ1) is 19.4. The van der Waals surface area contributed by atoms with Gasteiger partial charge in [-0.1, -0.05) is 68.3 Å². The molecule has 41 heavy (non-hydrogen) atoms. The molecule has 2 aromatic carbocycles. The normalized spacial score (nSPS) is 24.2. The Morgan fingerprint density at radius 2 is 1.90 bits per heavy atom. The van der Waals surface area contributed by atoms with E-state index in [1.54, 1.807) is 36.4 Å². The van der Waals surface area contributed by atoms with Crippen molar-refractivity contribution in [3.8, 4) is 5.75 Å². The molecule has 0 bridgehead atoms. The van der Waals surface area contributed by atoms with Crippen LogP contribution in [0.3, 0.4) is 0 Å². The van der Waals surface area contributed by atoms with Crippen LogP contribution in [0.4, 0.5) is 5.69 Å². The first-order valence-corrected chi connectivity index (χ1v) is 13.9. The third-order valence-corrected chi connectivity index (χ3v) is 7.78. The number of halogens is 2. The monoisotopic (exact) mass is 597 g/mol. The van der Waals surface area contributed by atoms with Crippen LogP contribution in [0.15, 0.2) is 78.0 Å². The van der Waals surface area contributed by atoms with Crippen molar-refractivity contribution in [2.24, 2.45) is 10.8 Å². The van der Waals surface area contributed by atoms with Crippen LogP contribution >= 0.6 is 23.2 Å². The summed E-state index contributed by atoms with van der Waals surface area (Å²) in [7, 11) is 1.40. The van der Waals surface area contributed by atoms with Gasteiger partial charge in [0.25, 0.3) is 0 Å². The molecule has 0 radical (unpaired) electrons. The number of ether oxygens (including phenoxy) is 1. The second-order valence-electron chi connectivity index (χ2n) is 11.4. The van der Waals surface area contributed by atoms with Gasteiger partial charge in [-0.3, -0.25) is 9.59 Å². The SMILES string of the molecule is COc1cc(C(=O)O)ccc1NC(=O)C1NC(CC(C)(C)C)C2(C=CC=C(Cl)C=CNC2=O)C1c1cccc(Cl)c1. The van der Waals surface area contributed by atoms with Gasteiger partial charge in [0.1, 0.15) is 5.75 Å². The molecule has 10 heteroatoms. The molecule has 0 aromatic heterocycles. The first kappa shape index (κ1) is 30.4. The lowest BCUT2D eigenvalue weighted by molar-refractivity contribution is -0.129. The molecule has 2 aliphatic heterocycles. The Balaban J connectivity index is 1.88. The van der Waals surface area contributed by atoms with E-state index in [-0.39, 0.29) is 22.6 Å². The van der Waals surface area contributed by atoms with Gasteiger partial charge in [-0.2, -0.15) is 0 Å². The van der Waals surface area contributed by atoms with Gasteiger partial charge in [-0.05, 0) is 59.9 Å². The van der Waals surface area contributed by atoms with Gasteiger partial charge in [0.05, 0.1) is 29.8 Å². The summed E-state index contributed by atoms with van der Waals surface area (Å²) in [6, 6.07) is 10.0. The molecule has 4 unspecified atom stereocenters. The Bertz CT molecular complexity index is 1450. The lowest BCUT2D eigenvalue weighted by Gasteiger charge is -2.38. The van der Waals surface area contributed by atoms with E-state index in [2.05, 4.69) is 36.7 Å². The van der Waals surface area contributed by atoms with Gasteiger partial charge in [-0.15, -0.1) is 0 Å². The molecular weight excluding hydrogens is 565 g/mol. The summed E-state index contributed by atoms with van der Waals surface area (Å²) in [5, 5.41) is 19.6. The number of allylic oxidation sites excluding steroid dienone is 4. The largest absolute Gasteiger partial charge is 0.495 e. The van der Waals surface area contributed by atoms with Crippen LogP contribution in [0.5, 0.6) is 5.75 Å². The highest BCUT2D eigenvalue weighted by molar-refractivity contribution is 6.31. The number of carboxylic acid groups (broad SMARTS) is 1. The third-order valence-electron chi connectivity index (χ3n) is 7.30. The molecule has 2 heterocycles. The summed E-state index contributed by atoms with van der Waals surface area (Å²) in [5.74, 6) is -2.32. The minimum atomic E-state index is -1.22. The van der Waals surface area contributed by atoms with E-state index in [9.17, 15) is 19.5 Å². The topological polar surface area (TPSA) is 117 Å². The molecule has 2 aliphatic rings. The number of carboxylic acids is 1. The third kappa shape index (κ3) is 6.50. The van der Waals surface area contributed by atoms with E-state index in [1.807, 2.05) is 12.1 Å². The molecule has 216 valence electrons. The van der Waals surface area contributed by atoms with Crippen LogP contribution < -0.4 is 20.7 Å². The van der Waals surface area contributed by atoms with Crippen molar-refractivity contribution in [3.63, 3.8) is 0 Å². The molecule has 4 atom stereocenters. The van der Waals surface area contributed by atoms with Gasteiger partial charge in [0.15, 0.2) is 0 Å². The van der Waals surface area contributed by atoms with Crippen LogP contribution in [0, 0.1) is 10.8 Å². The van der Waals surface area contributed by atoms with E-state index in [0.717, 1.165) is 0 Å². The number of anilines is 1. The minimum absolute atomic E-state index is 0.0204. The predicted octanol–water partition coefficient (Wildman–Crippen LogP) is 5.85. The maximum atomic E-state index is 14.2. The number of amides is 2. The van der Waals surface area contributed by atoms with E-state index < -0.39 is 35.3 Å². The molecule has 2 aromatic rings. The van der Waals surface area contributed by atoms with Crippen LogP contribution in [-0.2, 0) is 9.59 Å². The molecule has 8 nitrogen and oxygen atoms in total. The Morgan fingerprint density at radius 3 is 2.56 bits per heavy atom. The number of aromatic carboxylic acids is 1. The Kier molecular flexibility index (Phi) is 8.97. The fourth-order valence-corrected chi connectivity index (χ4v) is 5.92. The van der Waals surface area contributed by atoms with E-state index in [0.29, 0.717) is 27.7 Å². The molecule has 0 saturated carbocycles. The van der Waals surface area contributed by atoms with Gasteiger partial charge >= 0.3 is 5.97 Å². The summed E-state index contributed by atoms with van der Waals surface area (Å²) < 4.78 is 5.38. The zero-order chi connectivity index (χ0) is 29.9. The summed E-state index contributed by atoms with van der Waals surface area (Å²) >= 11 is 12.7. The van der Waals surface area contributed by atoms with E-state index in [4.69, 9.17) is 27.9 Å². The number of methoxy groups -OCH3 is 1. The molecule has 1 fully saturated rings. The Labute approximate surface area is 249 Å². The fraction of sp³-hybridized carbons (Fsp3) is 0.323. The highest BCUT2D eigenvalue weighted by Crippen LogP contribution is 2.51. The molecular formula is C31H33Cl2N3O5. The predicted molar refractivity (Wildman–Crippen MR) is 160 cm³/mol. The molecule has 2 amide bonds. The second-order valence-corrected chi connectivity index (χ2v) is 12.2. The van der Waals surface area contributed by atoms with Gasteiger partial charge in [0.2, 0.25) is 11.8 Å². The summed E-state index contributed by atoms with van der Waals surface area (Å²) in [6.07, 6.45) is 8.93. The zero-order valence-electron chi connectivity index (χ0n) is 23.2. The summed E-state index contributed by atoms with van der Waals surface area (Å²) in [5.41, 5.74) is -0.408. The number of hydrogen-bond acceptors (Lipinski definition) is 5. The van der Waals surface area contributed by atoms with Crippen LogP contribution in [0.25, 0.3) is 0 Å².